The summed E-state index contributed by atoms with van der Waals surface area (Å²) in [4.78, 5) is 15.7. The molecule has 2 aromatic carbocycles. The predicted octanol–water partition coefficient (Wildman–Crippen LogP) is 5.51. The Hall–Kier alpha value is -2.17. The van der Waals surface area contributed by atoms with Gasteiger partial charge in [-0.2, -0.15) is 5.10 Å². The van der Waals surface area contributed by atoms with Crippen LogP contribution in [-0.4, -0.2) is 40.7 Å². The van der Waals surface area contributed by atoms with Gasteiger partial charge in [-0.15, -0.1) is 0 Å². The molecule has 0 aromatic heterocycles. The first-order valence-corrected chi connectivity index (χ1v) is 11.3. The molecular formula is C25H30ClN3O. The molecule has 4 rings (SSSR count). The Morgan fingerprint density at radius 1 is 1.17 bits per heavy atom. The summed E-state index contributed by atoms with van der Waals surface area (Å²) in [5.74, 6) is 0.0664. The van der Waals surface area contributed by atoms with E-state index in [1.54, 1.807) is 5.01 Å². The quantitative estimate of drug-likeness (QED) is 0.650. The fourth-order valence-corrected chi connectivity index (χ4v) is 4.84. The van der Waals surface area contributed by atoms with E-state index in [1.165, 1.54) is 23.1 Å². The van der Waals surface area contributed by atoms with Gasteiger partial charge in [0.15, 0.2) is 0 Å². The zero-order valence-corrected chi connectivity index (χ0v) is 18.8. The largest absolute Gasteiger partial charge is 0.292 e. The van der Waals surface area contributed by atoms with Gasteiger partial charge in [0, 0.05) is 23.0 Å². The number of aryl methyl sites for hydroxylation is 2. The number of nitrogens with zero attached hydrogens (tertiary/aromatic N) is 3. The summed E-state index contributed by atoms with van der Waals surface area (Å²) in [5.41, 5.74) is 5.34. The monoisotopic (exact) mass is 423 g/mol. The third-order valence-electron chi connectivity index (χ3n) is 6.42. The Morgan fingerprint density at radius 3 is 2.73 bits per heavy atom. The van der Waals surface area contributed by atoms with E-state index in [0.29, 0.717) is 24.0 Å². The lowest BCUT2D eigenvalue weighted by molar-refractivity contribution is -0.135. The van der Waals surface area contributed by atoms with Gasteiger partial charge in [0.25, 0.3) is 5.91 Å². The van der Waals surface area contributed by atoms with Crippen LogP contribution < -0.4 is 0 Å². The minimum Gasteiger partial charge on any atom is -0.292 e. The summed E-state index contributed by atoms with van der Waals surface area (Å²) in [5, 5.41) is 7.23. The van der Waals surface area contributed by atoms with Gasteiger partial charge >= 0.3 is 0 Å². The second-order valence-electron chi connectivity index (χ2n) is 8.66. The van der Waals surface area contributed by atoms with E-state index in [0.717, 1.165) is 30.7 Å². The van der Waals surface area contributed by atoms with Crippen LogP contribution in [-0.2, 0) is 4.79 Å². The number of hydrogen-bond acceptors (Lipinski definition) is 3. The third kappa shape index (κ3) is 4.30. The van der Waals surface area contributed by atoms with Gasteiger partial charge < -0.3 is 0 Å². The highest BCUT2D eigenvalue weighted by atomic mass is 35.5. The number of amides is 1. The Morgan fingerprint density at radius 2 is 1.97 bits per heavy atom. The van der Waals surface area contributed by atoms with Crippen molar-refractivity contribution in [3.63, 3.8) is 0 Å². The second-order valence-corrected chi connectivity index (χ2v) is 9.07. The minimum absolute atomic E-state index is 0.0664. The predicted molar refractivity (Wildman–Crippen MR) is 123 cm³/mol. The number of carbonyl (C=O) groups excluding carboxylic acids is 1. The fourth-order valence-electron chi connectivity index (χ4n) is 4.60. The number of likely N-dealkylation sites (tertiary alicyclic amines) is 1. The molecule has 1 fully saturated rings. The molecule has 2 unspecified atom stereocenters. The molecule has 1 saturated heterocycles. The van der Waals surface area contributed by atoms with Crippen molar-refractivity contribution < 1.29 is 4.79 Å². The van der Waals surface area contributed by atoms with E-state index in [2.05, 4.69) is 43.9 Å². The second kappa shape index (κ2) is 8.91. The molecule has 1 amide bonds. The van der Waals surface area contributed by atoms with Crippen molar-refractivity contribution in [2.24, 2.45) is 5.10 Å². The molecule has 2 atom stereocenters. The number of rotatable bonds is 4. The van der Waals surface area contributed by atoms with Crippen LogP contribution in [0.2, 0.25) is 5.02 Å². The van der Waals surface area contributed by atoms with Gasteiger partial charge in [0.05, 0.1) is 18.3 Å². The van der Waals surface area contributed by atoms with Crippen LogP contribution in [0, 0.1) is 13.8 Å². The third-order valence-corrected chi connectivity index (χ3v) is 6.75. The van der Waals surface area contributed by atoms with E-state index in [1.807, 2.05) is 24.3 Å². The Balaban J connectivity index is 1.67. The fraction of sp³-hybridized carbons (Fsp3) is 0.440. The molecule has 4 nitrogen and oxygen atoms in total. The topological polar surface area (TPSA) is 35.9 Å². The number of halogens is 1. The number of benzene rings is 2. The van der Waals surface area contributed by atoms with Gasteiger partial charge in [0.1, 0.15) is 0 Å². The zero-order chi connectivity index (χ0) is 21.3. The van der Waals surface area contributed by atoms with Crippen molar-refractivity contribution in [1.82, 2.24) is 9.91 Å². The van der Waals surface area contributed by atoms with Crippen molar-refractivity contribution in [2.45, 2.75) is 58.5 Å². The lowest BCUT2D eigenvalue weighted by Gasteiger charge is -2.34. The Labute approximate surface area is 184 Å². The van der Waals surface area contributed by atoms with Crippen LogP contribution >= 0.6 is 11.6 Å². The van der Waals surface area contributed by atoms with Crippen molar-refractivity contribution in [1.29, 1.82) is 0 Å². The summed E-state index contributed by atoms with van der Waals surface area (Å²) in [7, 11) is 0. The summed E-state index contributed by atoms with van der Waals surface area (Å²) in [6.07, 6.45) is 4.23. The number of hydrazone groups is 1. The van der Waals surface area contributed by atoms with Crippen LogP contribution in [0.5, 0.6) is 0 Å². The van der Waals surface area contributed by atoms with Crippen LogP contribution in [0.15, 0.2) is 47.6 Å². The molecule has 5 heteroatoms. The molecule has 0 radical (unpaired) electrons. The molecule has 2 heterocycles. The van der Waals surface area contributed by atoms with Crippen LogP contribution in [0.4, 0.5) is 0 Å². The van der Waals surface area contributed by atoms with Gasteiger partial charge in [-0.1, -0.05) is 60.0 Å². The van der Waals surface area contributed by atoms with Gasteiger partial charge in [-0.05, 0) is 57.4 Å². The molecule has 0 bridgehead atoms. The van der Waals surface area contributed by atoms with Gasteiger partial charge in [0.2, 0.25) is 0 Å². The Bertz CT molecular complexity index is 971. The maximum atomic E-state index is 13.4. The highest BCUT2D eigenvalue weighted by Gasteiger charge is 2.35. The first-order valence-electron chi connectivity index (χ1n) is 10.9. The van der Waals surface area contributed by atoms with Crippen molar-refractivity contribution in [3.05, 3.63) is 69.7 Å². The van der Waals surface area contributed by atoms with E-state index in [-0.39, 0.29) is 11.9 Å². The summed E-state index contributed by atoms with van der Waals surface area (Å²) >= 11 is 6.46. The van der Waals surface area contributed by atoms with Crippen molar-refractivity contribution in [3.8, 4) is 0 Å². The molecule has 0 saturated carbocycles. The molecule has 0 N–H and O–H groups in total. The molecule has 2 aliphatic heterocycles. The number of hydrogen-bond donors (Lipinski definition) is 0. The van der Waals surface area contributed by atoms with E-state index in [4.69, 9.17) is 16.7 Å². The molecular weight excluding hydrogens is 394 g/mol. The lowest BCUT2D eigenvalue weighted by Crippen LogP contribution is -2.44. The number of piperidine rings is 1. The lowest BCUT2D eigenvalue weighted by atomic mass is 9.94. The molecule has 0 aliphatic carbocycles. The molecule has 30 heavy (non-hydrogen) atoms. The zero-order valence-electron chi connectivity index (χ0n) is 18.1. The average molecular weight is 424 g/mol. The van der Waals surface area contributed by atoms with E-state index in [9.17, 15) is 4.79 Å². The SMILES string of the molecule is Cc1ccc(C)c(C2CC(c3ccccc3Cl)=NN2C(=O)CN2CCCCC2C)c1. The summed E-state index contributed by atoms with van der Waals surface area (Å²) in [6.45, 7) is 7.82. The van der Waals surface area contributed by atoms with Crippen LogP contribution in [0.3, 0.4) is 0 Å². The standard InChI is InChI=1S/C25H30ClN3O/c1-17-11-12-18(2)21(14-17)24-15-23(20-9-4-5-10-22(20)26)27-29(24)25(30)16-28-13-7-6-8-19(28)3/h4-5,9-12,14,19,24H,6-8,13,15-16H2,1-3H3. The van der Waals surface area contributed by atoms with E-state index >= 15 is 0 Å². The highest BCUT2D eigenvalue weighted by Crippen LogP contribution is 2.36. The number of carbonyl (C=O) groups is 1. The molecule has 0 spiro atoms. The Kier molecular flexibility index (Phi) is 6.26. The molecule has 2 aliphatic rings. The molecule has 158 valence electrons. The minimum atomic E-state index is -0.0937. The van der Waals surface area contributed by atoms with Crippen molar-refractivity contribution >= 4 is 23.2 Å². The highest BCUT2D eigenvalue weighted by molar-refractivity contribution is 6.34. The maximum absolute atomic E-state index is 13.4. The van der Waals surface area contributed by atoms with Gasteiger partial charge in [-0.3, -0.25) is 9.69 Å². The summed E-state index contributed by atoms with van der Waals surface area (Å²) in [6, 6.07) is 14.5. The van der Waals surface area contributed by atoms with Crippen molar-refractivity contribution in [2.75, 3.05) is 13.1 Å². The normalized spacial score (nSPS) is 22.3. The van der Waals surface area contributed by atoms with E-state index < -0.39 is 0 Å². The van der Waals surface area contributed by atoms with Gasteiger partial charge in [-0.25, -0.2) is 5.01 Å². The maximum Gasteiger partial charge on any atom is 0.257 e. The molecule has 2 aromatic rings. The first-order chi connectivity index (χ1) is 14.4. The van der Waals surface area contributed by atoms with Crippen LogP contribution in [0.25, 0.3) is 0 Å². The summed E-state index contributed by atoms with van der Waals surface area (Å²) < 4.78 is 0. The smallest absolute Gasteiger partial charge is 0.257 e. The van der Waals surface area contributed by atoms with Crippen LogP contribution in [0.1, 0.15) is 60.9 Å². The average Bonchev–Trinajstić information content (AvgIpc) is 3.17. The first kappa shape index (κ1) is 21.1.